The Morgan fingerprint density at radius 2 is 2.21 bits per heavy atom. The summed E-state index contributed by atoms with van der Waals surface area (Å²) in [7, 11) is 0. The highest BCUT2D eigenvalue weighted by Gasteiger charge is 2.27. The molecule has 0 aromatic carbocycles. The first kappa shape index (κ1) is 14.9. The molecule has 0 radical (unpaired) electrons. The van der Waals surface area contributed by atoms with Crippen molar-refractivity contribution in [1.29, 1.82) is 0 Å². The zero-order valence-electron chi connectivity index (χ0n) is 12.6. The number of ether oxygens (including phenoxy) is 1. The van der Waals surface area contributed by atoms with Crippen molar-refractivity contribution in [2.75, 3.05) is 13.2 Å². The molecule has 2 heterocycles. The Morgan fingerprint density at radius 3 is 2.79 bits per heavy atom. The van der Waals surface area contributed by atoms with Crippen LogP contribution in [0.5, 0.6) is 0 Å². The van der Waals surface area contributed by atoms with Crippen LogP contribution in [0.3, 0.4) is 0 Å². The number of nitrogens with one attached hydrogen (secondary N) is 1. The van der Waals surface area contributed by atoms with Crippen LogP contribution in [0.25, 0.3) is 0 Å². The van der Waals surface area contributed by atoms with Gasteiger partial charge in [0, 0.05) is 23.4 Å². The van der Waals surface area contributed by atoms with E-state index < -0.39 is 0 Å². The van der Waals surface area contributed by atoms with Crippen LogP contribution < -0.4 is 5.32 Å². The lowest BCUT2D eigenvalue weighted by atomic mass is 9.91. The third kappa shape index (κ3) is 3.77. The minimum Gasteiger partial charge on any atom is -0.371 e. The fourth-order valence-electron chi connectivity index (χ4n) is 2.36. The van der Waals surface area contributed by atoms with Gasteiger partial charge < -0.3 is 10.1 Å². The van der Waals surface area contributed by atoms with E-state index in [0.717, 1.165) is 26.1 Å². The largest absolute Gasteiger partial charge is 0.371 e. The van der Waals surface area contributed by atoms with Crippen molar-refractivity contribution in [3.05, 3.63) is 15.6 Å². The van der Waals surface area contributed by atoms with Gasteiger partial charge in [-0.05, 0) is 25.8 Å². The van der Waals surface area contributed by atoms with Gasteiger partial charge in [0.05, 0.1) is 5.69 Å². The summed E-state index contributed by atoms with van der Waals surface area (Å²) < 4.78 is 5.77. The predicted octanol–water partition coefficient (Wildman–Crippen LogP) is 3.79. The standard InChI is InChI=1S/C15H26N2OS/c1-5-8-16-10-12-13(15(2,3)4)17-14(19-12)11-7-6-9-18-11/h11,16H,5-10H2,1-4H3. The molecule has 4 heteroatoms. The van der Waals surface area contributed by atoms with E-state index in [1.807, 2.05) is 11.3 Å². The maximum atomic E-state index is 5.77. The maximum Gasteiger partial charge on any atom is 0.122 e. The van der Waals surface area contributed by atoms with Gasteiger partial charge in [-0.2, -0.15) is 0 Å². The topological polar surface area (TPSA) is 34.1 Å². The van der Waals surface area contributed by atoms with Gasteiger partial charge in [-0.1, -0.05) is 27.7 Å². The molecule has 0 bridgehead atoms. The third-order valence-corrected chi connectivity index (χ3v) is 4.49. The first-order valence-electron chi connectivity index (χ1n) is 7.34. The van der Waals surface area contributed by atoms with Crippen molar-refractivity contribution < 1.29 is 4.74 Å². The lowest BCUT2D eigenvalue weighted by molar-refractivity contribution is 0.111. The van der Waals surface area contributed by atoms with Crippen LogP contribution in [-0.4, -0.2) is 18.1 Å². The van der Waals surface area contributed by atoms with Crippen LogP contribution in [0.2, 0.25) is 0 Å². The average Bonchev–Trinajstić information content (AvgIpc) is 2.96. The summed E-state index contributed by atoms with van der Waals surface area (Å²) in [6.45, 7) is 11.8. The molecule has 1 saturated heterocycles. The van der Waals surface area contributed by atoms with Crippen LogP contribution in [0, 0.1) is 0 Å². The molecule has 1 aliphatic heterocycles. The summed E-state index contributed by atoms with van der Waals surface area (Å²) in [6, 6.07) is 0. The predicted molar refractivity (Wildman–Crippen MR) is 80.7 cm³/mol. The van der Waals surface area contributed by atoms with Crippen molar-refractivity contribution >= 4 is 11.3 Å². The normalized spacial score (nSPS) is 20.1. The van der Waals surface area contributed by atoms with E-state index in [4.69, 9.17) is 9.72 Å². The molecule has 1 aromatic rings. The van der Waals surface area contributed by atoms with Crippen LogP contribution in [0.15, 0.2) is 0 Å². The molecule has 0 spiro atoms. The Bertz CT molecular complexity index is 403. The van der Waals surface area contributed by atoms with Gasteiger partial charge in [-0.15, -0.1) is 11.3 Å². The molecule has 19 heavy (non-hydrogen) atoms. The van der Waals surface area contributed by atoms with Crippen molar-refractivity contribution in [2.24, 2.45) is 0 Å². The molecule has 1 fully saturated rings. The second-order valence-corrected chi connectivity index (χ2v) is 7.37. The smallest absolute Gasteiger partial charge is 0.122 e. The Hall–Kier alpha value is -0.450. The van der Waals surface area contributed by atoms with Crippen LogP contribution in [0.4, 0.5) is 0 Å². The Labute approximate surface area is 120 Å². The number of rotatable bonds is 5. The summed E-state index contributed by atoms with van der Waals surface area (Å²) in [4.78, 5) is 6.28. The van der Waals surface area contributed by atoms with Gasteiger partial charge in [0.25, 0.3) is 0 Å². The third-order valence-electron chi connectivity index (χ3n) is 3.34. The van der Waals surface area contributed by atoms with Crippen LogP contribution >= 0.6 is 11.3 Å². The molecule has 1 aliphatic rings. The van der Waals surface area contributed by atoms with Gasteiger partial charge in [-0.3, -0.25) is 0 Å². The molecule has 1 atom stereocenters. The summed E-state index contributed by atoms with van der Waals surface area (Å²) in [5, 5.41) is 4.67. The summed E-state index contributed by atoms with van der Waals surface area (Å²) in [5.41, 5.74) is 1.35. The van der Waals surface area contributed by atoms with Gasteiger partial charge >= 0.3 is 0 Å². The van der Waals surface area contributed by atoms with Crippen molar-refractivity contribution in [2.45, 2.75) is 65.0 Å². The van der Waals surface area contributed by atoms with E-state index in [1.165, 1.54) is 28.4 Å². The molecule has 2 rings (SSSR count). The fraction of sp³-hybridized carbons (Fsp3) is 0.800. The maximum absolute atomic E-state index is 5.77. The number of hydrogen-bond donors (Lipinski definition) is 1. The SMILES string of the molecule is CCCNCc1sc(C2CCCO2)nc1C(C)(C)C. The second-order valence-electron chi connectivity index (χ2n) is 6.25. The lowest BCUT2D eigenvalue weighted by Gasteiger charge is -2.17. The molecular formula is C15H26N2OS. The molecule has 1 N–H and O–H groups in total. The van der Waals surface area contributed by atoms with E-state index in [0.29, 0.717) is 0 Å². The van der Waals surface area contributed by atoms with E-state index in [9.17, 15) is 0 Å². The molecule has 3 nitrogen and oxygen atoms in total. The van der Waals surface area contributed by atoms with Gasteiger partial charge in [0.15, 0.2) is 0 Å². The molecule has 1 aromatic heterocycles. The Kier molecular flexibility index (Phi) is 4.98. The molecule has 0 amide bonds. The highest BCUT2D eigenvalue weighted by atomic mass is 32.1. The average molecular weight is 282 g/mol. The van der Waals surface area contributed by atoms with Crippen LogP contribution in [-0.2, 0) is 16.7 Å². The molecule has 0 saturated carbocycles. The van der Waals surface area contributed by atoms with Gasteiger partial charge in [0.2, 0.25) is 0 Å². The zero-order chi connectivity index (χ0) is 13.9. The zero-order valence-corrected chi connectivity index (χ0v) is 13.4. The van der Waals surface area contributed by atoms with Gasteiger partial charge in [0.1, 0.15) is 11.1 Å². The number of nitrogens with zero attached hydrogens (tertiary/aromatic N) is 1. The first-order valence-corrected chi connectivity index (χ1v) is 8.16. The second kappa shape index (κ2) is 6.33. The molecule has 1 unspecified atom stereocenters. The first-order chi connectivity index (χ1) is 9.02. The highest BCUT2D eigenvalue weighted by Crippen LogP contribution is 2.36. The van der Waals surface area contributed by atoms with Crippen LogP contribution in [0.1, 0.15) is 68.6 Å². The summed E-state index contributed by atoms with van der Waals surface area (Å²) in [5.74, 6) is 0. The molecule has 0 aliphatic carbocycles. The fourth-order valence-corrected chi connectivity index (χ4v) is 3.69. The van der Waals surface area contributed by atoms with Crippen molar-refractivity contribution in [3.63, 3.8) is 0 Å². The van der Waals surface area contributed by atoms with E-state index in [2.05, 4.69) is 33.0 Å². The van der Waals surface area contributed by atoms with E-state index in [-0.39, 0.29) is 11.5 Å². The molecule has 108 valence electrons. The van der Waals surface area contributed by atoms with Crippen molar-refractivity contribution in [3.8, 4) is 0 Å². The summed E-state index contributed by atoms with van der Waals surface area (Å²) in [6.07, 6.45) is 3.70. The van der Waals surface area contributed by atoms with E-state index >= 15 is 0 Å². The monoisotopic (exact) mass is 282 g/mol. The highest BCUT2D eigenvalue weighted by molar-refractivity contribution is 7.11. The number of thiazole rings is 1. The van der Waals surface area contributed by atoms with Gasteiger partial charge in [-0.25, -0.2) is 4.98 Å². The van der Waals surface area contributed by atoms with Crippen molar-refractivity contribution in [1.82, 2.24) is 10.3 Å². The summed E-state index contributed by atoms with van der Waals surface area (Å²) >= 11 is 1.84. The Morgan fingerprint density at radius 1 is 1.42 bits per heavy atom. The molecular weight excluding hydrogens is 256 g/mol. The van der Waals surface area contributed by atoms with E-state index in [1.54, 1.807) is 0 Å². The minimum atomic E-state index is 0.108. The minimum absolute atomic E-state index is 0.108. The number of hydrogen-bond acceptors (Lipinski definition) is 4. The lowest BCUT2D eigenvalue weighted by Crippen LogP contribution is -2.19. The number of aromatic nitrogens is 1. The quantitative estimate of drug-likeness (QED) is 0.834. The Balaban J connectivity index is 2.18.